The van der Waals surface area contributed by atoms with Crippen molar-refractivity contribution in [3.05, 3.63) is 29.8 Å². The summed E-state index contributed by atoms with van der Waals surface area (Å²) in [6.45, 7) is 8.99. The first kappa shape index (κ1) is 18.7. The summed E-state index contributed by atoms with van der Waals surface area (Å²) in [5.41, 5.74) is 0.536. The van der Waals surface area contributed by atoms with Crippen molar-refractivity contribution in [2.45, 2.75) is 40.0 Å². The second-order valence-electron chi connectivity index (χ2n) is 6.96. The van der Waals surface area contributed by atoms with Crippen LogP contribution in [-0.2, 0) is 0 Å². The third-order valence-electron chi connectivity index (χ3n) is 4.38. The van der Waals surface area contributed by atoms with E-state index >= 15 is 0 Å². The molecular formula is C19H28N2O2S. The minimum absolute atomic E-state index is 0.196. The molecule has 1 amide bonds. The Morgan fingerprint density at radius 2 is 2.00 bits per heavy atom. The van der Waals surface area contributed by atoms with Gasteiger partial charge >= 0.3 is 0 Å². The summed E-state index contributed by atoms with van der Waals surface area (Å²) in [4.78, 5) is 14.7. The highest BCUT2D eigenvalue weighted by Gasteiger charge is 2.20. The number of carbonyl (C=O) groups excluding carboxylic acids is 1. The van der Waals surface area contributed by atoms with E-state index in [9.17, 15) is 4.79 Å². The van der Waals surface area contributed by atoms with Crippen LogP contribution in [0.15, 0.2) is 24.3 Å². The average Bonchev–Trinajstić information content (AvgIpc) is 2.55. The third kappa shape index (κ3) is 5.48. The van der Waals surface area contributed by atoms with Crippen molar-refractivity contribution in [3.8, 4) is 5.75 Å². The molecule has 5 heteroatoms. The van der Waals surface area contributed by atoms with E-state index in [4.69, 9.17) is 17.0 Å². The topological polar surface area (TPSA) is 41.6 Å². The molecule has 0 unspecified atom stereocenters. The van der Waals surface area contributed by atoms with Crippen LogP contribution in [0.1, 0.15) is 50.4 Å². The maximum absolute atomic E-state index is 12.6. The van der Waals surface area contributed by atoms with Crippen LogP contribution in [0.25, 0.3) is 0 Å². The summed E-state index contributed by atoms with van der Waals surface area (Å²) in [6, 6.07) is 7.34. The molecule has 1 fully saturated rings. The number of thiocarbonyl (C=S) groups is 1. The Morgan fingerprint density at radius 1 is 1.33 bits per heavy atom. The minimum atomic E-state index is -0.196. The minimum Gasteiger partial charge on any atom is -0.493 e. The molecule has 1 heterocycles. The van der Waals surface area contributed by atoms with Gasteiger partial charge in [0.25, 0.3) is 5.91 Å². The predicted octanol–water partition coefficient (Wildman–Crippen LogP) is 3.86. The van der Waals surface area contributed by atoms with Gasteiger partial charge in [0.15, 0.2) is 5.11 Å². The van der Waals surface area contributed by atoms with E-state index in [-0.39, 0.29) is 5.91 Å². The van der Waals surface area contributed by atoms with E-state index in [1.165, 1.54) is 0 Å². The van der Waals surface area contributed by atoms with Crippen molar-refractivity contribution in [2.75, 3.05) is 19.7 Å². The second kappa shape index (κ2) is 9.02. The Labute approximate surface area is 150 Å². The third-order valence-corrected chi connectivity index (χ3v) is 4.74. The largest absolute Gasteiger partial charge is 0.493 e. The quantitative estimate of drug-likeness (QED) is 0.821. The molecule has 1 aliphatic rings. The van der Waals surface area contributed by atoms with Gasteiger partial charge < -0.3 is 9.64 Å². The van der Waals surface area contributed by atoms with Crippen LogP contribution in [-0.4, -0.2) is 35.6 Å². The number of hydrogen-bond acceptors (Lipinski definition) is 3. The molecule has 0 radical (unpaired) electrons. The monoisotopic (exact) mass is 348 g/mol. The fraction of sp³-hybridized carbons (Fsp3) is 0.579. The van der Waals surface area contributed by atoms with Gasteiger partial charge in [-0.05, 0) is 55.4 Å². The van der Waals surface area contributed by atoms with Gasteiger partial charge in [-0.2, -0.15) is 0 Å². The highest BCUT2D eigenvalue weighted by atomic mass is 32.1. The molecular weight excluding hydrogens is 320 g/mol. The van der Waals surface area contributed by atoms with E-state index in [0.29, 0.717) is 29.0 Å². The molecule has 132 valence electrons. The Hall–Kier alpha value is -1.62. The summed E-state index contributed by atoms with van der Waals surface area (Å²) in [5.74, 6) is 1.72. The SMILES string of the molecule is CC(C)CCOc1ccccc1C(=O)NC(=S)N1CCC(C)CC1. The van der Waals surface area contributed by atoms with Gasteiger partial charge in [-0.15, -0.1) is 0 Å². The van der Waals surface area contributed by atoms with Crippen LogP contribution in [0, 0.1) is 11.8 Å². The Morgan fingerprint density at radius 3 is 2.67 bits per heavy atom. The number of piperidine rings is 1. The van der Waals surface area contributed by atoms with Crippen molar-refractivity contribution in [1.29, 1.82) is 0 Å². The van der Waals surface area contributed by atoms with Gasteiger partial charge in [0.05, 0.1) is 12.2 Å². The van der Waals surface area contributed by atoms with Crippen LogP contribution >= 0.6 is 12.2 Å². The predicted molar refractivity (Wildman–Crippen MR) is 101 cm³/mol. The Bertz CT molecular complexity index is 566. The fourth-order valence-electron chi connectivity index (χ4n) is 2.64. The van der Waals surface area contributed by atoms with Crippen LogP contribution < -0.4 is 10.1 Å². The lowest BCUT2D eigenvalue weighted by Crippen LogP contribution is -2.46. The molecule has 2 rings (SSSR count). The van der Waals surface area contributed by atoms with Gasteiger partial charge in [-0.3, -0.25) is 10.1 Å². The number of likely N-dealkylation sites (tertiary alicyclic amines) is 1. The summed E-state index contributed by atoms with van der Waals surface area (Å²) in [7, 11) is 0. The van der Waals surface area contributed by atoms with Gasteiger partial charge in [0, 0.05) is 13.1 Å². The summed E-state index contributed by atoms with van der Waals surface area (Å²) in [5, 5.41) is 3.38. The van der Waals surface area contributed by atoms with E-state index < -0.39 is 0 Å². The summed E-state index contributed by atoms with van der Waals surface area (Å²) >= 11 is 5.41. The van der Waals surface area contributed by atoms with Crippen molar-refractivity contribution < 1.29 is 9.53 Å². The molecule has 0 aliphatic carbocycles. The van der Waals surface area contributed by atoms with Gasteiger partial charge in [-0.1, -0.05) is 32.9 Å². The number of hydrogen-bond donors (Lipinski definition) is 1. The molecule has 1 saturated heterocycles. The molecule has 1 aromatic carbocycles. The molecule has 24 heavy (non-hydrogen) atoms. The first-order valence-corrected chi connectivity index (χ1v) is 9.20. The second-order valence-corrected chi connectivity index (χ2v) is 7.34. The maximum Gasteiger partial charge on any atom is 0.261 e. The summed E-state index contributed by atoms with van der Waals surface area (Å²) < 4.78 is 5.79. The average molecular weight is 349 g/mol. The molecule has 1 N–H and O–H groups in total. The first-order chi connectivity index (χ1) is 11.5. The van der Waals surface area contributed by atoms with E-state index in [1.807, 2.05) is 18.2 Å². The van der Waals surface area contributed by atoms with Crippen LogP contribution in [0.3, 0.4) is 0 Å². The number of nitrogens with zero attached hydrogens (tertiary/aromatic N) is 1. The number of para-hydroxylation sites is 1. The Balaban J connectivity index is 1.95. The number of amides is 1. The van der Waals surface area contributed by atoms with Gasteiger partial charge in [0.1, 0.15) is 5.75 Å². The highest BCUT2D eigenvalue weighted by molar-refractivity contribution is 7.80. The number of rotatable bonds is 5. The van der Waals surface area contributed by atoms with Crippen LogP contribution in [0.2, 0.25) is 0 Å². The smallest absolute Gasteiger partial charge is 0.261 e. The molecule has 0 bridgehead atoms. The zero-order valence-electron chi connectivity index (χ0n) is 14.9. The maximum atomic E-state index is 12.6. The Kier molecular flexibility index (Phi) is 7.03. The lowest BCUT2D eigenvalue weighted by Gasteiger charge is -2.32. The van der Waals surface area contributed by atoms with Crippen molar-refractivity contribution in [2.24, 2.45) is 11.8 Å². The van der Waals surface area contributed by atoms with Crippen molar-refractivity contribution in [1.82, 2.24) is 10.2 Å². The molecule has 1 aromatic rings. The van der Waals surface area contributed by atoms with E-state index in [2.05, 4.69) is 31.0 Å². The molecule has 0 saturated carbocycles. The van der Waals surface area contributed by atoms with Crippen molar-refractivity contribution >= 4 is 23.2 Å². The number of benzene rings is 1. The first-order valence-electron chi connectivity index (χ1n) is 8.79. The molecule has 1 aliphatic heterocycles. The number of carbonyl (C=O) groups is 1. The lowest BCUT2D eigenvalue weighted by atomic mass is 10.00. The highest BCUT2D eigenvalue weighted by Crippen LogP contribution is 2.20. The van der Waals surface area contributed by atoms with Crippen molar-refractivity contribution in [3.63, 3.8) is 0 Å². The van der Waals surface area contributed by atoms with Crippen LogP contribution in [0.4, 0.5) is 0 Å². The molecule has 0 aromatic heterocycles. The van der Waals surface area contributed by atoms with Crippen LogP contribution in [0.5, 0.6) is 5.75 Å². The standard InChI is InChI=1S/C19H28N2O2S/c1-14(2)10-13-23-17-7-5-4-6-16(17)18(22)20-19(24)21-11-8-15(3)9-12-21/h4-7,14-15H,8-13H2,1-3H3,(H,20,22,24). The van der Waals surface area contributed by atoms with Gasteiger partial charge in [0.2, 0.25) is 0 Å². The molecule has 0 atom stereocenters. The van der Waals surface area contributed by atoms with E-state index in [1.54, 1.807) is 6.07 Å². The lowest BCUT2D eigenvalue weighted by molar-refractivity contribution is 0.0967. The number of ether oxygens (including phenoxy) is 1. The molecule has 4 nitrogen and oxygen atoms in total. The molecule has 0 spiro atoms. The van der Waals surface area contributed by atoms with Gasteiger partial charge in [-0.25, -0.2) is 0 Å². The normalized spacial score (nSPS) is 15.4. The fourth-order valence-corrected chi connectivity index (χ4v) is 2.92. The zero-order chi connectivity index (χ0) is 17.5. The zero-order valence-corrected chi connectivity index (χ0v) is 15.7. The van der Waals surface area contributed by atoms with E-state index in [0.717, 1.165) is 38.3 Å². The summed E-state index contributed by atoms with van der Waals surface area (Å²) in [6.07, 6.45) is 3.19. The number of nitrogens with one attached hydrogen (secondary N) is 1.